The monoisotopic (exact) mass is 334 g/mol. The largest absolute Gasteiger partial charge is 0.495 e. The maximum atomic E-state index is 12.0. The fourth-order valence-corrected chi connectivity index (χ4v) is 1.94. The zero-order chi connectivity index (χ0) is 16.3. The third kappa shape index (κ3) is 3.97. The summed E-state index contributed by atoms with van der Waals surface area (Å²) < 4.78 is 42.6. The summed E-state index contributed by atoms with van der Waals surface area (Å²) in [5.41, 5.74) is 0.870. The van der Waals surface area contributed by atoms with Gasteiger partial charge in [-0.1, -0.05) is 0 Å². The van der Waals surface area contributed by atoms with Crippen molar-refractivity contribution in [2.75, 3.05) is 7.11 Å². The number of carbonyl (C=O) groups excluding carboxylic acids is 1. The van der Waals surface area contributed by atoms with Crippen LogP contribution in [0.5, 0.6) is 5.75 Å². The maximum Gasteiger partial charge on any atom is 0.389 e. The van der Waals surface area contributed by atoms with Gasteiger partial charge in [-0.15, -0.1) is 4.58 Å². The van der Waals surface area contributed by atoms with E-state index < -0.39 is 24.9 Å². The Balaban J connectivity index is 1.96. The Morgan fingerprint density at radius 3 is 2.77 bits per heavy atom. The van der Waals surface area contributed by atoms with Gasteiger partial charge in [0, 0.05) is 6.42 Å². The number of methoxy groups -OCH3 is 1. The van der Waals surface area contributed by atoms with Crippen molar-refractivity contribution in [1.82, 2.24) is 10.3 Å². The highest BCUT2D eigenvalue weighted by atomic mass is 35.5. The number of carbonyl (C=O) groups is 1. The Hall–Kier alpha value is -2.09. The summed E-state index contributed by atoms with van der Waals surface area (Å²) in [6.07, 6.45) is -1.65. The molecule has 0 saturated heterocycles. The van der Waals surface area contributed by atoms with E-state index in [1.165, 1.54) is 30.3 Å². The van der Waals surface area contributed by atoms with E-state index >= 15 is 0 Å². The molecule has 0 spiro atoms. The van der Waals surface area contributed by atoms with Gasteiger partial charge in [-0.2, -0.15) is 13.2 Å². The molecule has 0 fully saturated rings. The average molecular weight is 335 g/mol. The van der Waals surface area contributed by atoms with E-state index in [9.17, 15) is 18.0 Å². The summed E-state index contributed by atoms with van der Waals surface area (Å²) in [7, 11) is 1.49. The van der Waals surface area contributed by atoms with E-state index in [2.05, 4.69) is 10.3 Å². The van der Waals surface area contributed by atoms with Crippen molar-refractivity contribution in [1.29, 1.82) is 0 Å². The van der Waals surface area contributed by atoms with E-state index in [-0.39, 0.29) is 10.9 Å². The molecule has 0 saturated carbocycles. The molecular weight excluding hydrogens is 323 g/mol. The van der Waals surface area contributed by atoms with Crippen LogP contribution >= 0.6 is 11.6 Å². The van der Waals surface area contributed by atoms with Gasteiger partial charge in [0.2, 0.25) is 17.8 Å². The molecule has 0 radical (unpaired) electrons. The molecule has 0 aromatic carbocycles. The number of amides is 1. The molecule has 2 rings (SSSR count). The normalized spacial score (nSPS) is 14.3. The Bertz CT molecular complexity index is 656. The van der Waals surface area contributed by atoms with Crippen LogP contribution in [-0.2, 0) is 4.79 Å². The van der Waals surface area contributed by atoms with E-state index in [4.69, 9.17) is 16.3 Å². The summed E-state index contributed by atoms with van der Waals surface area (Å²) in [6, 6.07) is 1.67. The number of hydrogen-bond acceptors (Lipinski definition) is 3. The molecule has 1 aliphatic heterocycles. The summed E-state index contributed by atoms with van der Waals surface area (Å²) in [5, 5.41) is 2.52. The van der Waals surface area contributed by atoms with Gasteiger partial charge in [0.15, 0.2) is 5.70 Å². The molecule has 5 nitrogen and oxygen atoms in total. The average Bonchev–Trinajstić information content (AvgIpc) is 2.48. The summed E-state index contributed by atoms with van der Waals surface area (Å²) >= 11 is 6.01. The fraction of sp³-hybridized carbons (Fsp3) is 0.308. The van der Waals surface area contributed by atoms with Gasteiger partial charge in [-0.25, -0.2) is 0 Å². The molecule has 1 N–H and O–H groups in total. The second kappa shape index (κ2) is 6.35. The van der Waals surface area contributed by atoms with Gasteiger partial charge in [0.25, 0.3) is 0 Å². The van der Waals surface area contributed by atoms with E-state index in [0.717, 1.165) is 0 Å². The number of alkyl halides is 3. The van der Waals surface area contributed by atoms with E-state index in [1.807, 2.05) is 0 Å². The Morgan fingerprint density at radius 2 is 2.18 bits per heavy atom. The number of allylic oxidation sites excluding steroid dienone is 1. The molecule has 0 atom stereocenters. The predicted octanol–water partition coefficient (Wildman–Crippen LogP) is 2.69. The van der Waals surface area contributed by atoms with Crippen LogP contribution in [0.3, 0.4) is 0 Å². The third-order valence-electron chi connectivity index (χ3n) is 2.81. The lowest BCUT2D eigenvalue weighted by Crippen LogP contribution is -2.34. The smallest absolute Gasteiger partial charge is 0.389 e. The minimum atomic E-state index is -4.36. The van der Waals surface area contributed by atoms with Crippen molar-refractivity contribution in [2.24, 2.45) is 0 Å². The minimum Gasteiger partial charge on any atom is -0.495 e. The molecular formula is C13H12ClF3N3O2+. The lowest BCUT2D eigenvalue weighted by molar-refractivity contribution is -0.371. The van der Waals surface area contributed by atoms with E-state index in [1.54, 1.807) is 6.07 Å². The van der Waals surface area contributed by atoms with Crippen LogP contribution in [0.1, 0.15) is 12.8 Å². The van der Waals surface area contributed by atoms with Crippen LogP contribution in [0.15, 0.2) is 30.4 Å². The highest BCUT2D eigenvalue weighted by Gasteiger charge is 2.33. The lowest BCUT2D eigenvalue weighted by Gasteiger charge is -2.13. The molecule has 9 heteroatoms. The van der Waals surface area contributed by atoms with Crippen molar-refractivity contribution >= 4 is 28.4 Å². The first-order valence-corrected chi connectivity index (χ1v) is 6.57. The van der Waals surface area contributed by atoms with Gasteiger partial charge in [0.1, 0.15) is 5.75 Å². The van der Waals surface area contributed by atoms with Crippen LogP contribution in [0.25, 0.3) is 0 Å². The molecule has 0 bridgehead atoms. The number of aromatic nitrogens is 1. The Morgan fingerprint density at radius 1 is 1.45 bits per heavy atom. The van der Waals surface area contributed by atoms with Crippen LogP contribution in [-0.4, -0.2) is 33.9 Å². The zero-order valence-corrected chi connectivity index (χ0v) is 12.2. The topological polar surface area (TPSA) is 54.2 Å². The van der Waals surface area contributed by atoms with Crippen molar-refractivity contribution in [3.63, 3.8) is 0 Å². The number of hydrogen-bond donors (Lipinski definition) is 1. The highest BCUT2D eigenvalue weighted by Crippen LogP contribution is 2.25. The molecule has 1 aromatic rings. The third-order valence-corrected chi connectivity index (χ3v) is 3.20. The Labute approximate surface area is 129 Å². The number of rotatable bonds is 5. The van der Waals surface area contributed by atoms with Crippen LogP contribution in [0.2, 0.25) is 0 Å². The van der Waals surface area contributed by atoms with Gasteiger partial charge in [0.05, 0.1) is 32.0 Å². The SMILES string of the molecule is COc1cncc([N+]2=C(Cl)C(NC(=O)CCC(F)(F)F)=C2)c1. The summed E-state index contributed by atoms with van der Waals surface area (Å²) in [5.74, 6) is -0.219. The van der Waals surface area contributed by atoms with E-state index in [0.29, 0.717) is 11.4 Å². The Kier molecular flexibility index (Phi) is 4.70. The van der Waals surface area contributed by atoms with Crippen LogP contribution < -0.4 is 10.1 Å². The molecule has 2 heterocycles. The van der Waals surface area contributed by atoms with Crippen LogP contribution in [0.4, 0.5) is 18.9 Å². The van der Waals surface area contributed by atoms with Crippen molar-refractivity contribution in [2.45, 2.75) is 19.0 Å². The molecule has 1 aromatic heterocycles. The molecule has 1 amide bonds. The standard InChI is InChI=1S/C13H11ClF3N3O2/c1-22-9-4-8(5-18-6-9)20-7-10(12(20)14)19-11(21)2-3-13(15,16)17/h4-7H,2-3H2,1H3/p+1. The van der Waals surface area contributed by atoms with Crippen molar-refractivity contribution < 1.29 is 27.3 Å². The second-order valence-corrected chi connectivity index (χ2v) is 4.81. The number of halogens is 4. The number of nitrogens with zero attached hydrogens (tertiary/aromatic N) is 2. The predicted molar refractivity (Wildman–Crippen MR) is 73.1 cm³/mol. The first kappa shape index (κ1) is 16.3. The highest BCUT2D eigenvalue weighted by molar-refractivity contribution is 6.69. The lowest BCUT2D eigenvalue weighted by atomic mass is 10.2. The second-order valence-electron chi connectivity index (χ2n) is 4.45. The van der Waals surface area contributed by atoms with Crippen molar-refractivity contribution in [3.05, 3.63) is 30.4 Å². The molecule has 1 aliphatic rings. The summed E-state index contributed by atoms with van der Waals surface area (Å²) in [6.45, 7) is 0. The van der Waals surface area contributed by atoms with Crippen LogP contribution in [0, 0.1) is 0 Å². The first-order chi connectivity index (χ1) is 10.3. The summed E-state index contributed by atoms with van der Waals surface area (Å²) in [4.78, 5) is 15.4. The van der Waals surface area contributed by atoms with Gasteiger partial charge >= 0.3 is 11.3 Å². The zero-order valence-electron chi connectivity index (χ0n) is 11.4. The number of ether oxygens (including phenoxy) is 1. The molecule has 118 valence electrons. The first-order valence-electron chi connectivity index (χ1n) is 6.19. The van der Waals surface area contributed by atoms with Gasteiger partial charge < -0.3 is 10.1 Å². The van der Waals surface area contributed by atoms with Gasteiger partial charge in [-0.3, -0.25) is 9.78 Å². The van der Waals surface area contributed by atoms with Gasteiger partial charge in [-0.05, 0) is 11.6 Å². The fourth-order valence-electron chi connectivity index (χ4n) is 1.69. The van der Waals surface area contributed by atoms with Crippen molar-refractivity contribution in [3.8, 4) is 5.75 Å². The number of nitrogens with one attached hydrogen (secondary N) is 1. The molecule has 0 unspecified atom stereocenters. The molecule has 22 heavy (non-hydrogen) atoms. The minimum absolute atomic E-state index is 0.190. The maximum absolute atomic E-state index is 12.0. The molecule has 0 aliphatic carbocycles. The number of pyridine rings is 1. The quantitative estimate of drug-likeness (QED) is 0.842.